The number of amides is 1. The number of carbonyl (C=O) groups excluding carboxylic acids is 2. The molecule has 6 nitrogen and oxygen atoms in total. The summed E-state index contributed by atoms with van der Waals surface area (Å²) in [5, 5.41) is 2.66. The minimum atomic E-state index is -0.549. The largest absolute Gasteiger partial charge is 0.497 e. The molecule has 0 bridgehead atoms. The van der Waals surface area contributed by atoms with Crippen molar-refractivity contribution in [2.45, 2.75) is 32.7 Å². The third-order valence-electron chi connectivity index (χ3n) is 4.53. The highest BCUT2D eigenvalue weighted by Crippen LogP contribution is 2.38. The molecule has 1 heterocycles. The topological polar surface area (TPSA) is 69.6 Å². The van der Waals surface area contributed by atoms with Gasteiger partial charge in [0.25, 0.3) is 5.91 Å². The first-order chi connectivity index (χ1) is 13.0. The van der Waals surface area contributed by atoms with Crippen LogP contribution in [0.15, 0.2) is 36.4 Å². The van der Waals surface area contributed by atoms with E-state index in [0.717, 1.165) is 11.3 Å². The van der Waals surface area contributed by atoms with Crippen LogP contribution in [0.25, 0.3) is 6.08 Å². The summed E-state index contributed by atoms with van der Waals surface area (Å²) in [6.07, 6.45) is 5.52. The maximum absolute atomic E-state index is 11.9. The molecule has 0 atom stereocenters. The molecular weight excluding hydrogens is 344 g/mol. The van der Waals surface area contributed by atoms with Crippen molar-refractivity contribution in [3.63, 3.8) is 0 Å². The minimum absolute atomic E-state index is 0.346. The Morgan fingerprint density at radius 2 is 2.04 bits per heavy atom. The number of nitrogens with one attached hydrogen (secondary N) is 1. The molecule has 0 aliphatic heterocycles. The first kappa shape index (κ1) is 18.8. The van der Waals surface area contributed by atoms with Crippen molar-refractivity contribution in [1.82, 2.24) is 4.57 Å². The molecule has 27 heavy (non-hydrogen) atoms. The lowest BCUT2D eigenvalue weighted by Crippen LogP contribution is -2.20. The zero-order chi connectivity index (χ0) is 19.4. The van der Waals surface area contributed by atoms with Gasteiger partial charge in [-0.2, -0.15) is 0 Å². The van der Waals surface area contributed by atoms with E-state index in [-0.39, 0.29) is 6.61 Å². The molecule has 2 aromatic rings. The fraction of sp³-hybridized carbons (Fsp3) is 0.333. The Morgan fingerprint density at radius 3 is 2.74 bits per heavy atom. The number of aryl methyl sites for hydroxylation is 1. The quantitative estimate of drug-likeness (QED) is 0.598. The molecule has 1 fully saturated rings. The zero-order valence-electron chi connectivity index (χ0n) is 15.8. The van der Waals surface area contributed by atoms with E-state index in [1.54, 1.807) is 37.5 Å². The minimum Gasteiger partial charge on any atom is -0.497 e. The number of rotatable bonds is 7. The van der Waals surface area contributed by atoms with Gasteiger partial charge in [-0.25, -0.2) is 4.79 Å². The van der Waals surface area contributed by atoms with E-state index in [1.807, 2.05) is 0 Å². The van der Waals surface area contributed by atoms with Crippen LogP contribution in [0.3, 0.4) is 0 Å². The molecule has 1 amide bonds. The highest BCUT2D eigenvalue weighted by molar-refractivity contribution is 5.94. The number of carbonyl (C=O) groups is 2. The van der Waals surface area contributed by atoms with Gasteiger partial charge in [-0.3, -0.25) is 4.79 Å². The summed E-state index contributed by atoms with van der Waals surface area (Å²) >= 11 is 0. The van der Waals surface area contributed by atoms with Gasteiger partial charge < -0.3 is 19.4 Å². The molecular formula is C21H24N2O4. The molecule has 0 unspecified atom stereocenters. The van der Waals surface area contributed by atoms with Gasteiger partial charge in [0.15, 0.2) is 6.61 Å². The first-order valence-corrected chi connectivity index (χ1v) is 8.95. The predicted molar refractivity (Wildman–Crippen MR) is 104 cm³/mol. The van der Waals surface area contributed by atoms with Crippen LogP contribution in [0.2, 0.25) is 0 Å². The lowest BCUT2D eigenvalue weighted by atomic mass is 10.2. The number of esters is 1. The van der Waals surface area contributed by atoms with Gasteiger partial charge >= 0.3 is 5.97 Å². The average molecular weight is 368 g/mol. The molecule has 1 aliphatic carbocycles. The van der Waals surface area contributed by atoms with Crippen molar-refractivity contribution in [1.29, 1.82) is 0 Å². The molecule has 1 saturated carbocycles. The van der Waals surface area contributed by atoms with E-state index in [4.69, 9.17) is 9.47 Å². The Morgan fingerprint density at radius 1 is 1.26 bits per heavy atom. The van der Waals surface area contributed by atoms with Crippen LogP contribution in [-0.4, -0.2) is 30.2 Å². The lowest BCUT2D eigenvalue weighted by Gasteiger charge is -2.07. The number of anilines is 1. The van der Waals surface area contributed by atoms with E-state index in [2.05, 4.69) is 29.8 Å². The Bertz CT molecular complexity index is 878. The van der Waals surface area contributed by atoms with Gasteiger partial charge in [0.05, 0.1) is 7.11 Å². The summed E-state index contributed by atoms with van der Waals surface area (Å²) in [7, 11) is 1.55. The van der Waals surface area contributed by atoms with E-state index in [9.17, 15) is 9.59 Å². The van der Waals surface area contributed by atoms with Gasteiger partial charge in [0, 0.05) is 35.3 Å². The Hall–Kier alpha value is -3.02. The van der Waals surface area contributed by atoms with Crippen molar-refractivity contribution in [3.8, 4) is 5.75 Å². The van der Waals surface area contributed by atoms with E-state index in [1.165, 1.54) is 24.6 Å². The van der Waals surface area contributed by atoms with Crippen molar-refractivity contribution < 1.29 is 19.1 Å². The molecule has 3 rings (SSSR count). The van der Waals surface area contributed by atoms with Crippen LogP contribution in [0.4, 0.5) is 5.69 Å². The Kier molecular flexibility index (Phi) is 5.64. The average Bonchev–Trinajstić information content (AvgIpc) is 3.44. The van der Waals surface area contributed by atoms with Crippen LogP contribution in [0.1, 0.15) is 35.8 Å². The maximum atomic E-state index is 11.9. The van der Waals surface area contributed by atoms with Gasteiger partial charge in [-0.1, -0.05) is 6.07 Å². The molecule has 1 aromatic heterocycles. The van der Waals surface area contributed by atoms with E-state index in [0.29, 0.717) is 17.5 Å². The summed E-state index contributed by atoms with van der Waals surface area (Å²) in [4.78, 5) is 23.8. The number of methoxy groups -OCH3 is 1. The zero-order valence-corrected chi connectivity index (χ0v) is 15.8. The second kappa shape index (κ2) is 8.12. The molecule has 0 saturated heterocycles. The maximum Gasteiger partial charge on any atom is 0.331 e. The number of hydrogen-bond acceptors (Lipinski definition) is 4. The van der Waals surface area contributed by atoms with Crippen LogP contribution >= 0.6 is 0 Å². The Labute approximate surface area is 158 Å². The number of aromatic nitrogens is 1. The summed E-state index contributed by atoms with van der Waals surface area (Å²) < 4.78 is 12.4. The van der Waals surface area contributed by atoms with Crippen molar-refractivity contribution in [3.05, 3.63) is 53.4 Å². The fourth-order valence-corrected chi connectivity index (χ4v) is 3.11. The van der Waals surface area contributed by atoms with E-state index < -0.39 is 11.9 Å². The van der Waals surface area contributed by atoms with Crippen LogP contribution in [0.5, 0.6) is 5.75 Å². The number of benzene rings is 1. The molecule has 1 aliphatic rings. The monoisotopic (exact) mass is 368 g/mol. The third-order valence-corrected chi connectivity index (χ3v) is 4.53. The standard InChI is InChI=1S/C21H24N2O4/c1-14-11-16(15(2)23(14)18-8-9-18)7-10-21(25)27-13-20(24)22-17-5-4-6-19(12-17)26-3/h4-7,10-12,18H,8-9,13H2,1-3H3,(H,22,24)/b10-7+. The van der Waals surface area contributed by atoms with Crippen molar-refractivity contribution in [2.75, 3.05) is 19.0 Å². The van der Waals surface area contributed by atoms with Gasteiger partial charge in [0.1, 0.15) is 5.75 Å². The number of nitrogens with zero attached hydrogens (tertiary/aromatic N) is 1. The second-order valence-corrected chi connectivity index (χ2v) is 6.65. The Balaban J connectivity index is 1.51. The summed E-state index contributed by atoms with van der Waals surface area (Å²) in [5.41, 5.74) is 3.92. The normalized spacial score (nSPS) is 13.6. The highest BCUT2D eigenvalue weighted by Gasteiger charge is 2.26. The molecule has 6 heteroatoms. The van der Waals surface area contributed by atoms with Gasteiger partial charge in [0.2, 0.25) is 0 Å². The number of ether oxygens (including phenoxy) is 2. The molecule has 0 spiro atoms. The SMILES string of the molecule is COc1cccc(NC(=O)COC(=O)/C=C/c2cc(C)n(C3CC3)c2C)c1. The van der Waals surface area contributed by atoms with Crippen molar-refractivity contribution in [2.24, 2.45) is 0 Å². The van der Waals surface area contributed by atoms with Crippen LogP contribution in [0, 0.1) is 13.8 Å². The van der Waals surface area contributed by atoms with Crippen molar-refractivity contribution >= 4 is 23.6 Å². The van der Waals surface area contributed by atoms with Crippen LogP contribution < -0.4 is 10.1 Å². The van der Waals surface area contributed by atoms with E-state index >= 15 is 0 Å². The fourth-order valence-electron chi connectivity index (χ4n) is 3.11. The molecule has 1 N–H and O–H groups in total. The first-order valence-electron chi connectivity index (χ1n) is 8.95. The van der Waals surface area contributed by atoms with Gasteiger partial charge in [-0.15, -0.1) is 0 Å². The van der Waals surface area contributed by atoms with Gasteiger partial charge in [-0.05, 0) is 56.5 Å². The smallest absolute Gasteiger partial charge is 0.331 e. The predicted octanol–water partition coefficient (Wildman–Crippen LogP) is 3.64. The third kappa shape index (κ3) is 4.78. The summed E-state index contributed by atoms with van der Waals surface area (Å²) in [6.45, 7) is 3.78. The molecule has 1 aromatic carbocycles. The molecule has 0 radical (unpaired) electrons. The second-order valence-electron chi connectivity index (χ2n) is 6.65. The summed E-state index contributed by atoms with van der Waals surface area (Å²) in [5.74, 6) is -0.319. The lowest BCUT2D eigenvalue weighted by molar-refractivity contribution is -0.142. The number of hydrogen-bond donors (Lipinski definition) is 1. The molecule has 142 valence electrons. The van der Waals surface area contributed by atoms with Crippen LogP contribution in [-0.2, 0) is 14.3 Å². The summed E-state index contributed by atoms with van der Waals surface area (Å²) in [6, 6.07) is 9.63. The highest BCUT2D eigenvalue weighted by atomic mass is 16.5.